The Kier molecular flexibility index (Phi) is 8.32. The van der Waals surface area contributed by atoms with Gasteiger partial charge in [-0.3, -0.25) is 0 Å². The summed E-state index contributed by atoms with van der Waals surface area (Å²) in [5.41, 5.74) is 3.78. The quantitative estimate of drug-likeness (QED) is 0.249. The summed E-state index contributed by atoms with van der Waals surface area (Å²) >= 11 is 0. The van der Waals surface area contributed by atoms with Gasteiger partial charge in [-0.15, -0.1) is 0 Å². The second kappa shape index (κ2) is 12.0. The number of imidazole rings is 1. The Morgan fingerprint density at radius 2 is 1.79 bits per heavy atom. The predicted octanol–water partition coefficient (Wildman–Crippen LogP) is 6.83. The molecular weight excluding hydrogens is 542 g/mol. The second-order valence-electron chi connectivity index (χ2n) is 12.4. The average Bonchev–Trinajstić information content (AvgIpc) is 3.34. The molecule has 0 radical (unpaired) electrons. The lowest BCUT2D eigenvalue weighted by Gasteiger charge is -2.34. The molecule has 0 bridgehead atoms. The topological polar surface area (TPSA) is 109 Å². The summed E-state index contributed by atoms with van der Waals surface area (Å²) < 4.78 is 12.9. The van der Waals surface area contributed by atoms with Crippen LogP contribution in [0.15, 0.2) is 48.5 Å². The second-order valence-corrected chi connectivity index (χ2v) is 12.4. The number of rotatable bonds is 6. The highest BCUT2D eigenvalue weighted by Crippen LogP contribution is 2.32. The van der Waals surface area contributed by atoms with Gasteiger partial charge in [0.1, 0.15) is 16.9 Å². The third-order valence-corrected chi connectivity index (χ3v) is 7.79. The zero-order valence-electron chi connectivity index (χ0n) is 25.7. The number of piperidine rings is 1. The summed E-state index contributed by atoms with van der Waals surface area (Å²) in [6, 6.07) is 18.1. The number of nitrogens with zero attached hydrogens (tertiary/aromatic N) is 4. The van der Waals surface area contributed by atoms with Crippen LogP contribution in [0.5, 0.6) is 0 Å². The van der Waals surface area contributed by atoms with E-state index in [4.69, 9.17) is 14.5 Å². The first-order chi connectivity index (χ1) is 20.5. The van der Waals surface area contributed by atoms with Crippen molar-refractivity contribution < 1.29 is 19.1 Å². The lowest BCUT2D eigenvalue weighted by atomic mass is 10.00. The molecule has 3 aromatic carbocycles. The van der Waals surface area contributed by atoms with Crippen LogP contribution >= 0.6 is 0 Å². The zero-order chi connectivity index (χ0) is 30.9. The number of fused-ring (bicyclic) bond motifs is 2. The number of carbonyl (C=O) groups excluding carboxylic acids is 2. The maximum Gasteiger partial charge on any atom is 0.410 e. The van der Waals surface area contributed by atoms with E-state index in [0.29, 0.717) is 36.3 Å². The van der Waals surface area contributed by atoms with Crippen LogP contribution in [0, 0.1) is 11.3 Å². The molecule has 9 heteroatoms. The molecular formula is C34H39N5O4. The first-order valence-corrected chi connectivity index (χ1v) is 14.8. The fourth-order valence-electron chi connectivity index (χ4n) is 5.73. The van der Waals surface area contributed by atoms with Gasteiger partial charge in [-0.25, -0.2) is 14.6 Å². The van der Waals surface area contributed by atoms with Crippen LogP contribution in [-0.4, -0.2) is 58.4 Å². The number of esters is 1. The van der Waals surface area contributed by atoms with Crippen molar-refractivity contribution in [1.29, 1.82) is 5.26 Å². The third-order valence-electron chi connectivity index (χ3n) is 7.79. The highest BCUT2D eigenvalue weighted by molar-refractivity contribution is 6.04. The first-order valence-electron chi connectivity index (χ1n) is 14.8. The van der Waals surface area contributed by atoms with Crippen molar-refractivity contribution in [2.45, 2.75) is 71.6 Å². The van der Waals surface area contributed by atoms with Gasteiger partial charge in [0.15, 0.2) is 0 Å². The highest BCUT2D eigenvalue weighted by atomic mass is 16.6. The van der Waals surface area contributed by atoms with E-state index in [9.17, 15) is 14.9 Å². The fourth-order valence-corrected chi connectivity index (χ4v) is 5.73. The highest BCUT2D eigenvalue weighted by Gasteiger charge is 2.28. The largest absolute Gasteiger partial charge is 0.465 e. The van der Waals surface area contributed by atoms with E-state index in [1.807, 2.05) is 69.3 Å². The van der Waals surface area contributed by atoms with Gasteiger partial charge in [0.05, 0.1) is 29.8 Å². The Hall–Kier alpha value is -4.58. The van der Waals surface area contributed by atoms with Crippen LogP contribution in [0.2, 0.25) is 0 Å². The van der Waals surface area contributed by atoms with Crippen molar-refractivity contribution in [3.63, 3.8) is 0 Å². The molecule has 0 saturated carbocycles. The van der Waals surface area contributed by atoms with Gasteiger partial charge < -0.3 is 24.3 Å². The van der Waals surface area contributed by atoms with E-state index >= 15 is 0 Å². The van der Waals surface area contributed by atoms with E-state index in [1.165, 1.54) is 7.11 Å². The van der Waals surface area contributed by atoms with E-state index in [0.717, 1.165) is 46.2 Å². The van der Waals surface area contributed by atoms with Crippen molar-refractivity contribution in [2.75, 3.05) is 25.5 Å². The third kappa shape index (κ3) is 6.29. The molecule has 0 aliphatic carbocycles. The lowest BCUT2D eigenvalue weighted by molar-refractivity contribution is 0.0210. The minimum Gasteiger partial charge on any atom is -0.465 e. The van der Waals surface area contributed by atoms with Crippen LogP contribution in [0.1, 0.15) is 80.7 Å². The Balaban J connectivity index is 1.51. The molecule has 0 atom stereocenters. The smallest absolute Gasteiger partial charge is 0.410 e. The van der Waals surface area contributed by atoms with Crippen molar-refractivity contribution in [1.82, 2.24) is 14.5 Å². The molecule has 9 nitrogen and oxygen atoms in total. The SMILES string of the molecule is COC(=O)c1cc(NC2CCN(C(=O)OC(C)(C)C)CC2)cc2c1nc(C(C)C)n2Cc1ccc(C#N)c2ccccc12. The van der Waals surface area contributed by atoms with Crippen LogP contribution < -0.4 is 5.32 Å². The van der Waals surface area contributed by atoms with Gasteiger partial charge in [-0.05, 0) is 68.1 Å². The number of benzene rings is 3. The number of aromatic nitrogens is 2. The number of likely N-dealkylation sites (tertiary alicyclic amines) is 1. The van der Waals surface area contributed by atoms with Crippen molar-refractivity contribution >= 4 is 39.6 Å². The van der Waals surface area contributed by atoms with E-state index in [-0.39, 0.29) is 18.1 Å². The van der Waals surface area contributed by atoms with Crippen LogP contribution in [-0.2, 0) is 16.0 Å². The number of anilines is 1. The number of ether oxygens (including phenoxy) is 2. The van der Waals surface area contributed by atoms with Gasteiger partial charge in [0.2, 0.25) is 0 Å². The number of methoxy groups -OCH3 is 1. The maximum absolute atomic E-state index is 13.0. The molecule has 5 rings (SSSR count). The molecule has 1 N–H and O–H groups in total. The lowest BCUT2D eigenvalue weighted by Crippen LogP contribution is -2.44. The summed E-state index contributed by atoms with van der Waals surface area (Å²) in [5, 5.41) is 15.2. The molecule has 1 saturated heterocycles. The van der Waals surface area contributed by atoms with Crippen LogP contribution in [0.25, 0.3) is 21.8 Å². The summed E-state index contributed by atoms with van der Waals surface area (Å²) in [6.07, 6.45) is 1.21. The monoisotopic (exact) mass is 581 g/mol. The number of amides is 1. The minimum absolute atomic E-state index is 0.0936. The molecule has 2 heterocycles. The predicted molar refractivity (Wildman–Crippen MR) is 167 cm³/mol. The Morgan fingerprint density at radius 1 is 1.09 bits per heavy atom. The molecule has 1 aliphatic heterocycles. The summed E-state index contributed by atoms with van der Waals surface area (Å²) in [7, 11) is 1.38. The fraction of sp³-hybridized carbons (Fsp3) is 0.412. The Morgan fingerprint density at radius 3 is 2.42 bits per heavy atom. The number of nitrogens with one attached hydrogen (secondary N) is 1. The molecule has 1 amide bonds. The van der Waals surface area contributed by atoms with Crippen LogP contribution in [0.4, 0.5) is 10.5 Å². The Bertz CT molecular complexity index is 1720. The normalized spacial score (nSPS) is 14.2. The summed E-state index contributed by atoms with van der Waals surface area (Å²) in [6.45, 7) is 11.5. The Labute approximate surface area is 252 Å². The molecule has 43 heavy (non-hydrogen) atoms. The molecule has 4 aromatic rings. The molecule has 1 fully saturated rings. The molecule has 0 unspecified atom stereocenters. The summed E-state index contributed by atoms with van der Waals surface area (Å²) in [4.78, 5) is 32.3. The molecule has 0 spiro atoms. The first kappa shape index (κ1) is 29.9. The van der Waals surface area contributed by atoms with Crippen LogP contribution in [0.3, 0.4) is 0 Å². The van der Waals surface area contributed by atoms with Gasteiger partial charge in [0.25, 0.3) is 0 Å². The number of carbonyl (C=O) groups is 2. The van der Waals surface area contributed by atoms with Crippen molar-refractivity contribution in [3.05, 3.63) is 71.0 Å². The average molecular weight is 582 g/mol. The van der Waals surface area contributed by atoms with Gasteiger partial charge in [-0.1, -0.05) is 44.2 Å². The van der Waals surface area contributed by atoms with Gasteiger partial charge >= 0.3 is 12.1 Å². The molecule has 1 aromatic heterocycles. The van der Waals surface area contributed by atoms with Crippen molar-refractivity contribution in [3.8, 4) is 6.07 Å². The molecule has 224 valence electrons. The van der Waals surface area contributed by atoms with Gasteiger partial charge in [0, 0.05) is 37.3 Å². The van der Waals surface area contributed by atoms with Gasteiger partial charge in [-0.2, -0.15) is 5.26 Å². The molecule has 1 aliphatic rings. The van der Waals surface area contributed by atoms with E-state index in [2.05, 4.69) is 29.8 Å². The number of hydrogen-bond donors (Lipinski definition) is 1. The summed E-state index contributed by atoms with van der Waals surface area (Å²) in [5.74, 6) is 0.504. The van der Waals surface area contributed by atoms with E-state index < -0.39 is 11.6 Å². The number of hydrogen-bond acceptors (Lipinski definition) is 7. The zero-order valence-corrected chi connectivity index (χ0v) is 25.7. The minimum atomic E-state index is -0.534. The number of nitriles is 1. The standard InChI is InChI=1S/C34H39N5O4/c1-21(2)31-37-30-28(32(40)42-6)17-25(36-24-13-15-38(16-14-24)33(41)43-34(3,4)5)18-29(30)39(31)20-23-12-11-22(19-35)26-9-7-8-10-27(23)26/h7-12,17-18,21,24,36H,13-16,20H2,1-6H3. The van der Waals surface area contributed by atoms with E-state index in [1.54, 1.807) is 4.90 Å². The maximum atomic E-state index is 13.0. The van der Waals surface area contributed by atoms with Crippen molar-refractivity contribution in [2.24, 2.45) is 0 Å².